The highest BCUT2D eigenvalue weighted by Crippen LogP contribution is 2.38. The molecule has 2 rings (SSSR count). The third kappa shape index (κ3) is 1.24. The molecule has 1 fully saturated rings. The second kappa shape index (κ2) is 2.99. The van der Waals surface area contributed by atoms with Gasteiger partial charge in [-0.05, 0) is 17.7 Å². The van der Waals surface area contributed by atoms with E-state index in [9.17, 15) is 9.90 Å². The van der Waals surface area contributed by atoms with Crippen molar-refractivity contribution in [2.75, 3.05) is 13.7 Å². The van der Waals surface area contributed by atoms with Crippen LogP contribution in [0.1, 0.15) is 5.56 Å². The van der Waals surface area contributed by atoms with E-state index in [1.165, 1.54) is 0 Å². The van der Waals surface area contributed by atoms with E-state index < -0.39 is 11.6 Å². The Bertz CT molecular complexity index is 351. The maximum Gasteiger partial charge on any atom is 0.156 e. The van der Waals surface area contributed by atoms with E-state index in [0.717, 1.165) is 0 Å². The van der Waals surface area contributed by atoms with Crippen LogP contribution in [0.5, 0.6) is 5.75 Å². The lowest BCUT2D eigenvalue weighted by molar-refractivity contribution is -0.313. The summed E-state index contributed by atoms with van der Waals surface area (Å²) in [6.45, 7) is 0.182. The fraction of sp³-hybridized carbons (Fsp3) is 0.300. The first-order valence-corrected chi connectivity index (χ1v) is 4.19. The predicted molar refractivity (Wildman–Crippen MR) is 45.6 cm³/mol. The van der Waals surface area contributed by atoms with Crippen LogP contribution in [-0.2, 0) is 15.1 Å². The fourth-order valence-electron chi connectivity index (χ4n) is 1.33. The lowest BCUT2D eigenvalue weighted by Gasteiger charge is -2.13. The van der Waals surface area contributed by atoms with Gasteiger partial charge in [0.15, 0.2) is 5.60 Å². The SMILES string of the molecule is COc1ccc(C2(C(=O)[O-])CO2)cc1. The molecular formula is C10H9O4-. The number of hydrogen-bond acceptors (Lipinski definition) is 4. The molecule has 0 aliphatic carbocycles. The Morgan fingerprint density at radius 3 is 2.43 bits per heavy atom. The molecule has 4 nitrogen and oxygen atoms in total. The van der Waals surface area contributed by atoms with Crippen LogP contribution >= 0.6 is 0 Å². The van der Waals surface area contributed by atoms with Crippen molar-refractivity contribution in [1.29, 1.82) is 0 Å². The van der Waals surface area contributed by atoms with Gasteiger partial charge < -0.3 is 19.4 Å². The lowest BCUT2D eigenvalue weighted by Crippen LogP contribution is -2.36. The molecule has 0 amide bonds. The molecule has 4 heteroatoms. The third-order valence-corrected chi connectivity index (χ3v) is 2.32. The van der Waals surface area contributed by atoms with E-state index in [2.05, 4.69) is 0 Å². The summed E-state index contributed by atoms with van der Waals surface area (Å²) in [6.07, 6.45) is 0. The molecule has 1 aromatic rings. The summed E-state index contributed by atoms with van der Waals surface area (Å²) in [5, 5.41) is 10.8. The molecule has 1 aromatic carbocycles. The first-order valence-electron chi connectivity index (χ1n) is 4.19. The van der Waals surface area contributed by atoms with Crippen LogP contribution in [0.2, 0.25) is 0 Å². The zero-order valence-corrected chi connectivity index (χ0v) is 7.65. The maximum absolute atomic E-state index is 10.8. The fourth-order valence-corrected chi connectivity index (χ4v) is 1.33. The summed E-state index contributed by atoms with van der Waals surface area (Å²) in [5.41, 5.74) is -0.620. The average Bonchev–Trinajstić information content (AvgIpc) is 2.99. The van der Waals surface area contributed by atoms with E-state index in [4.69, 9.17) is 9.47 Å². The molecule has 1 heterocycles. The van der Waals surface area contributed by atoms with Crippen molar-refractivity contribution in [3.05, 3.63) is 29.8 Å². The molecule has 1 atom stereocenters. The molecule has 0 spiro atoms. The van der Waals surface area contributed by atoms with E-state index in [1.807, 2.05) is 0 Å². The Hall–Kier alpha value is -1.55. The van der Waals surface area contributed by atoms with Crippen LogP contribution in [0, 0.1) is 0 Å². The molecule has 1 unspecified atom stereocenters. The summed E-state index contributed by atoms with van der Waals surface area (Å²) < 4.78 is 9.87. The number of hydrogen-bond donors (Lipinski definition) is 0. The van der Waals surface area contributed by atoms with Crippen LogP contribution in [0.3, 0.4) is 0 Å². The van der Waals surface area contributed by atoms with Crippen LogP contribution in [-0.4, -0.2) is 19.7 Å². The summed E-state index contributed by atoms with van der Waals surface area (Å²) >= 11 is 0. The van der Waals surface area contributed by atoms with Crippen molar-refractivity contribution in [3.63, 3.8) is 0 Å². The van der Waals surface area contributed by atoms with Gasteiger partial charge >= 0.3 is 0 Å². The molecule has 0 radical (unpaired) electrons. The Kier molecular flexibility index (Phi) is 1.93. The Morgan fingerprint density at radius 1 is 1.50 bits per heavy atom. The average molecular weight is 193 g/mol. The van der Waals surface area contributed by atoms with Crippen LogP contribution < -0.4 is 9.84 Å². The zero-order valence-electron chi connectivity index (χ0n) is 7.65. The molecule has 1 aliphatic heterocycles. The lowest BCUT2D eigenvalue weighted by atomic mass is 10.0. The van der Waals surface area contributed by atoms with E-state index in [1.54, 1.807) is 31.4 Å². The third-order valence-electron chi connectivity index (χ3n) is 2.32. The number of aliphatic carboxylic acids is 1. The number of methoxy groups -OCH3 is 1. The van der Waals surface area contributed by atoms with Gasteiger partial charge in [-0.3, -0.25) is 0 Å². The minimum atomic E-state index is -1.22. The summed E-state index contributed by atoms with van der Waals surface area (Å²) in [4.78, 5) is 10.8. The normalized spacial score (nSPS) is 24.4. The molecule has 0 saturated carbocycles. The van der Waals surface area contributed by atoms with Crippen molar-refractivity contribution in [2.24, 2.45) is 0 Å². The second-order valence-electron chi connectivity index (χ2n) is 3.13. The molecule has 1 aliphatic rings. The maximum atomic E-state index is 10.8. The molecule has 1 saturated heterocycles. The first-order chi connectivity index (χ1) is 6.69. The summed E-state index contributed by atoms with van der Waals surface area (Å²) in [5.74, 6) is -0.509. The van der Waals surface area contributed by atoms with Gasteiger partial charge in [-0.1, -0.05) is 12.1 Å². The second-order valence-corrected chi connectivity index (χ2v) is 3.13. The predicted octanol–water partition coefficient (Wildman–Crippen LogP) is -0.329. The van der Waals surface area contributed by atoms with E-state index >= 15 is 0 Å². The smallest absolute Gasteiger partial charge is 0.156 e. The van der Waals surface area contributed by atoms with Gasteiger partial charge in [-0.15, -0.1) is 0 Å². The van der Waals surface area contributed by atoms with E-state index in [0.29, 0.717) is 11.3 Å². The van der Waals surface area contributed by atoms with Crippen molar-refractivity contribution in [2.45, 2.75) is 5.60 Å². The minimum absolute atomic E-state index is 0.182. The summed E-state index contributed by atoms with van der Waals surface area (Å²) in [6, 6.07) is 6.73. The van der Waals surface area contributed by atoms with Crippen molar-refractivity contribution in [1.82, 2.24) is 0 Å². The van der Waals surface area contributed by atoms with Gasteiger partial charge in [0, 0.05) is 0 Å². The van der Waals surface area contributed by atoms with Crippen LogP contribution in [0.15, 0.2) is 24.3 Å². The standard InChI is InChI=1S/C10H10O4/c1-13-8-4-2-7(3-5-8)10(6-14-10)9(11)12/h2-5H,6H2,1H3,(H,11,12)/p-1. The van der Waals surface area contributed by atoms with Gasteiger partial charge in [-0.25, -0.2) is 0 Å². The highest BCUT2D eigenvalue weighted by molar-refractivity contribution is 5.80. The van der Waals surface area contributed by atoms with Gasteiger partial charge in [0.1, 0.15) is 5.75 Å². The number of carbonyl (C=O) groups is 1. The van der Waals surface area contributed by atoms with Gasteiger partial charge in [0.05, 0.1) is 19.7 Å². The Morgan fingerprint density at radius 2 is 2.07 bits per heavy atom. The molecule has 0 aromatic heterocycles. The molecule has 0 N–H and O–H groups in total. The van der Waals surface area contributed by atoms with Crippen molar-refractivity contribution in [3.8, 4) is 5.75 Å². The highest BCUT2D eigenvalue weighted by Gasteiger charge is 2.48. The number of ether oxygens (including phenoxy) is 2. The first kappa shape index (κ1) is 9.02. The number of carbonyl (C=O) groups excluding carboxylic acids is 1. The summed E-state index contributed by atoms with van der Waals surface area (Å²) in [7, 11) is 1.55. The number of carboxylic acids is 1. The largest absolute Gasteiger partial charge is 0.547 e. The Labute approximate surface area is 81.1 Å². The number of rotatable bonds is 3. The molecular weight excluding hydrogens is 184 g/mol. The van der Waals surface area contributed by atoms with Gasteiger partial charge in [0.25, 0.3) is 0 Å². The number of benzene rings is 1. The minimum Gasteiger partial charge on any atom is -0.547 e. The van der Waals surface area contributed by atoms with Crippen molar-refractivity contribution < 1.29 is 19.4 Å². The zero-order chi connectivity index (χ0) is 10.2. The monoisotopic (exact) mass is 193 g/mol. The van der Waals surface area contributed by atoms with Crippen molar-refractivity contribution >= 4 is 5.97 Å². The van der Waals surface area contributed by atoms with Crippen LogP contribution in [0.25, 0.3) is 0 Å². The van der Waals surface area contributed by atoms with E-state index in [-0.39, 0.29) is 6.61 Å². The Balaban J connectivity index is 2.29. The van der Waals surface area contributed by atoms with Gasteiger partial charge in [-0.2, -0.15) is 0 Å². The number of carboxylic acid groups (broad SMARTS) is 1. The van der Waals surface area contributed by atoms with Gasteiger partial charge in [0.2, 0.25) is 0 Å². The van der Waals surface area contributed by atoms with Crippen LogP contribution in [0.4, 0.5) is 0 Å². The topological polar surface area (TPSA) is 61.9 Å². The highest BCUT2D eigenvalue weighted by atomic mass is 16.6. The quantitative estimate of drug-likeness (QED) is 0.617. The molecule has 14 heavy (non-hydrogen) atoms. The number of epoxide rings is 1. The molecule has 0 bridgehead atoms. The molecule has 74 valence electrons.